The van der Waals surface area contributed by atoms with E-state index in [9.17, 15) is 9.59 Å². The Kier molecular flexibility index (Phi) is 5.74. The third kappa shape index (κ3) is 3.71. The van der Waals surface area contributed by atoms with E-state index in [0.29, 0.717) is 33.0 Å². The van der Waals surface area contributed by atoms with Crippen LogP contribution in [0.25, 0.3) is 6.08 Å². The minimum atomic E-state index is -0.387. The van der Waals surface area contributed by atoms with Crippen LogP contribution in [-0.2, 0) is 4.79 Å². The Labute approximate surface area is 147 Å². The summed E-state index contributed by atoms with van der Waals surface area (Å²) in [5, 5.41) is -0.365. The van der Waals surface area contributed by atoms with E-state index in [1.54, 1.807) is 18.2 Å². The maximum absolute atomic E-state index is 12.2. The lowest BCUT2D eigenvalue weighted by Crippen LogP contribution is -2.28. The lowest BCUT2D eigenvalue weighted by Gasteiger charge is -2.12. The lowest BCUT2D eigenvalue weighted by atomic mass is 10.2. The second kappa shape index (κ2) is 7.57. The fourth-order valence-corrected chi connectivity index (χ4v) is 3.40. The zero-order chi connectivity index (χ0) is 17.0. The predicted molar refractivity (Wildman–Crippen MR) is 93.4 cm³/mol. The average Bonchev–Trinajstić information content (AvgIpc) is 2.77. The second-order valence-corrected chi connectivity index (χ2v) is 6.29. The maximum atomic E-state index is 12.2. The van der Waals surface area contributed by atoms with Gasteiger partial charge >= 0.3 is 0 Å². The first-order valence-electron chi connectivity index (χ1n) is 6.71. The maximum Gasteiger partial charge on any atom is 0.294 e. The molecule has 0 aromatic heterocycles. The summed E-state index contributed by atoms with van der Waals surface area (Å²) in [6.07, 6.45) is 6.80. The molecule has 0 unspecified atom stereocenters. The van der Waals surface area contributed by atoms with Crippen molar-refractivity contribution in [1.29, 1.82) is 0 Å². The highest BCUT2D eigenvalue weighted by molar-refractivity contribution is 9.10. The lowest BCUT2D eigenvalue weighted by molar-refractivity contribution is -0.122. The molecule has 120 valence electrons. The van der Waals surface area contributed by atoms with Crippen molar-refractivity contribution in [2.45, 2.75) is 6.92 Å². The fraction of sp³-hybridized carbons (Fsp3) is 0.250. The van der Waals surface area contributed by atoms with Gasteiger partial charge < -0.3 is 9.47 Å². The highest BCUT2D eigenvalue weighted by Crippen LogP contribution is 2.39. The first kappa shape index (κ1) is 17.4. The van der Waals surface area contributed by atoms with E-state index in [2.05, 4.69) is 21.9 Å². The summed E-state index contributed by atoms with van der Waals surface area (Å²) in [6, 6.07) is 3.54. The summed E-state index contributed by atoms with van der Waals surface area (Å²) in [5.41, 5.74) is 0.711. The highest BCUT2D eigenvalue weighted by Gasteiger charge is 2.34. The summed E-state index contributed by atoms with van der Waals surface area (Å²) in [4.78, 5) is 25.3. The molecule has 0 saturated carbocycles. The zero-order valence-corrected chi connectivity index (χ0v) is 15.0. The molecular formula is C16H14BrNO4S. The number of nitrogens with zero attached hydrogens (tertiary/aromatic N) is 1. The number of benzene rings is 1. The second-order valence-electron chi connectivity index (χ2n) is 4.44. The van der Waals surface area contributed by atoms with Gasteiger partial charge in [-0.15, -0.1) is 6.42 Å². The predicted octanol–water partition coefficient (Wildman–Crippen LogP) is 3.53. The molecule has 0 aliphatic carbocycles. The fourth-order valence-electron chi connectivity index (χ4n) is 1.99. The number of ether oxygens (including phenoxy) is 2. The number of amides is 2. The number of carbonyl (C=O) groups excluding carboxylic acids is 2. The van der Waals surface area contributed by atoms with Crippen LogP contribution in [0.3, 0.4) is 0 Å². The summed E-state index contributed by atoms with van der Waals surface area (Å²) in [6.45, 7) is 2.35. The Balaban J connectivity index is 2.37. The normalized spacial score (nSPS) is 15.9. The monoisotopic (exact) mass is 395 g/mol. The highest BCUT2D eigenvalue weighted by atomic mass is 79.9. The van der Waals surface area contributed by atoms with E-state index in [1.807, 2.05) is 6.92 Å². The third-order valence-electron chi connectivity index (χ3n) is 2.96. The van der Waals surface area contributed by atoms with Crippen molar-refractivity contribution in [1.82, 2.24) is 4.90 Å². The number of rotatable bonds is 5. The molecule has 5 nitrogen and oxygen atoms in total. The SMILES string of the molecule is C#CCN1C(=O)S/C(=C\c2cc(Br)c(OCC)c(OC)c2)C1=O. The number of hydrogen-bond donors (Lipinski definition) is 0. The van der Waals surface area contributed by atoms with Crippen LogP contribution >= 0.6 is 27.7 Å². The molecule has 1 heterocycles. The zero-order valence-electron chi connectivity index (χ0n) is 12.6. The molecule has 0 bridgehead atoms. The van der Waals surface area contributed by atoms with Crippen LogP contribution < -0.4 is 9.47 Å². The number of halogens is 1. The minimum Gasteiger partial charge on any atom is -0.493 e. The van der Waals surface area contributed by atoms with Crippen LogP contribution in [0.4, 0.5) is 4.79 Å². The van der Waals surface area contributed by atoms with Gasteiger partial charge in [-0.3, -0.25) is 14.5 Å². The number of methoxy groups -OCH3 is 1. The van der Waals surface area contributed by atoms with E-state index in [-0.39, 0.29) is 17.7 Å². The summed E-state index contributed by atoms with van der Waals surface area (Å²) >= 11 is 4.29. The number of imide groups is 1. The number of hydrogen-bond acceptors (Lipinski definition) is 5. The quantitative estimate of drug-likeness (QED) is 0.563. The van der Waals surface area contributed by atoms with Gasteiger partial charge in [0.25, 0.3) is 11.1 Å². The van der Waals surface area contributed by atoms with E-state index in [0.717, 1.165) is 16.7 Å². The average molecular weight is 396 g/mol. The molecule has 1 aromatic rings. The van der Waals surface area contributed by atoms with Crippen molar-refractivity contribution in [3.05, 3.63) is 27.1 Å². The van der Waals surface area contributed by atoms with Crippen LogP contribution in [0.15, 0.2) is 21.5 Å². The molecule has 2 rings (SSSR count). The molecule has 1 fully saturated rings. The molecule has 1 saturated heterocycles. The van der Waals surface area contributed by atoms with Crippen LogP contribution in [0.2, 0.25) is 0 Å². The molecule has 0 atom stereocenters. The van der Waals surface area contributed by atoms with Gasteiger partial charge in [-0.25, -0.2) is 0 Å². The van der Waals surface area contributed by atoms with Crippen molar-refractivity contribution in [2.75, 3.05) is 20.3 Å². The van der Waals surface area contributed by atoms with Crippen molar-refractivity contribution in [2.24, 2.45) is 0 Å². The summed E-state index contributed by atoms with van der Waals surface area (Å²) in [7, 11) is 1.54. The molecule has 1 aliphatic heterocycles. The van der Waals surface area contributed by atoms with Gasteiger partial charge in [-0.05, 0) is 58.4 Å². The van der Waals surface area contributed by atoms with Gasteiger partial charge in [0.2, 0.25) is 0 Å². The van der Waals surface area contributed by atoms with Crippen LogP contribution in [0, 0.1) is 12.3 Å². The number of carbonyl (C=O) groups is 2. The smallest absolute Gasteiger partial charge is 0.294 e. The molecule has 2 amide bonds. The Morgan fingerprint density at radius 1 is 1.43 bits per heavy atom. The molecule has 0 radical (unpaired) electrons. The molecule has 1 aliphatic rings. The first-order valence-corrected chi connectivity index (χ1v) is 8.31. The Bertz CT molecular complexity index is 724. The van der Waals surface area contributed by atoms with Crippen molar-refractivity contribution in [3.63, 3.8) is 0 Å². The van der Waals surface area contributed by atoms with Crippen molar-refractivity contribution in [3.8, 4) is 23.8 Å². The van der Waals surface area contributed by atoms with E-state index in [4.69, 9.17) is 15.9 Å². The van der Waals surface area contributed by atoms with Gasteiger partial charge in [0.1, 0.15) is 0 Å². The van der Waals surface area contributed by atoms with Gasteiger partial charge in [-0.2, -0.15) is 0 Å². The Morgan fingerprint density at radius 3 is 2.78 bits per heavy atom. The van der Waals surface area contributed by atoms with Crippen LogP contribution in [0.1, 0.15) is 12.5 Å². The molecule has 7 heteroatoms. The topological polar surface area (TPSA) is 55.8 Å². The molecule has 1 aromatic carbocycles. The van der Waals surface area contributed by atoms with Crippen LogP contribution in [-0.4, -0.2) is 36.3 Å². The number of terminal acetylenes is 1. The van der Waals surface area contributed by atoms with E-state index < -0.39 is 0 Å². The van der Waals surface area contributed by atoms with E-state index >= 15 is 0 Å². The van der Waals surface area contributed by atoms with Gasteiger partial charge in [0.15, 0.2) is 11.5 Å². The largest absolute Gasteiger partial charge is 0.493 e. The van der Waals surface area contributed by atoms with Crippen LogP contribution in [0.5, 0.6) is 11.5 Å². The van der Waals surface area contributed by atoms with Gasteiger partial charge in [-0.1, -0.05) is 5.92 Å². The number of thioether (sulfide) groups is 1. The molecule has 23 heavy (non-hydrogen) atoms. The van der Waals surface area contributed by atoms with E-state index in [1.165, 1.54) is 7.11 Å². The van der Waals surface area contributed by atoms with Gasteiger partial charge in [0, 0.05) is 0 Å². The Morgan fingerprint density at radius 2 is 2.17 bits per heavy atom. The van der Waals surface area contributed by atoms with Crippen molar-refractivity contribution >= 4 is 44.9 Å². The third-order valence-corrected chi connectivity index (χ3v) is 4.46. The summed E-state index contributed by atoms with van der Waals surface area (Å²) in [5.74, 6) is 3.04. The van der Waals surface area contributed by atoms with Crippen molar-refractivity contribution < 1.29 is 19.1 Å². The molecule has 0 N–H and O–H groups in total. The molecular weight excluding hydrogens is 382 g/mol. The summed E-state index contributed by atoms with van der Waals surface area (Å²) < 4.78 is 11.5. The minimum absolute atomic E-state index is 0.0295. The first-order chi connectivity index (χ1) is 11.0. The van der Waals surface area contributed by atoms with Gasteiger partial charge in [0.05, 0.1) is 29.6 Å². The standard InChI is InChI=1S/C16H14BrNO4S/c1-4-6-18-15(19)13(23-16(18)20)9-10-7-11(17)14(22-5-2)12(8-10)21-3/h1,7-9H,5-6H2,2-3H3/b13-9-. The Hall–Kier alpha value is -1.91. The molecule has 0 spiro atoms.